The van der Waals surface area contributed by atoms with Gasteiger partial charge in [0.2, 0.25) is 0 Å². The molecule has 1 aliphatic rings. The second-order valence-corrected chi connectivity index (χ2v) is 5.47. The van der Waals surface area contributed by atoms with Crippen molar-refractivity contribution >= 4 is 17.5 Å². The first kappa shape index (κ1) is 10.1. The summed E-state index contributed by atoms with van der Waals surface area (Å²) in [5.41, 5.74) is 5.64. The number of Topliss-reactive ketones (excluding diaryl/α,β-unsaturated/α-hetero) is 1. The molecule has 12 heavy (non-hydrogen) atoms. The fourth-order valence-electron chi connectivity index (χ4n) is 1.32. The highest BCUT2D eigenvalue weighted by Crippen LogP contribution is 2.41. The minimum atomic E-state index is 0.112. The Morgan fingerprint density at radius 1 is 1.58 bits per heavy atom. The molecule has 0 unspecified atom stereocenters. The van der Waals surface area contributed by atoms with E-state index in [2.05, 4.69) is 13.8 Å². The van der Waals surface area contributed by atoms with Gasteiger partial charge >= 0.3 is 0 Å². The highest BCUT2D eigenvalue weighted by atomic mass is 32.2. The molecule has 0 atom stereocenters. The van der Waals surface area contributed by atoms with Gasteiger partial charge in [0.15, 0.2) is 0 Å². The van der Waals surface area contributed by atoms with Gasteiger partial charge in [0.25, 0.3) is 0 Å². The van der Waals surface area contributed by atoms with E-state index in [1.807, 2.05) is 11.8 Å². The van der Waals surface area contributed by atoms with Crippen LogP contribution in [0.25, 0.3) is 0 Å². The number of carbonyl (C=O) groups excluding carboxylic acids is 1. The number of thioether (sulfide) groups is 1. The molecule has 0 aromatic heterocycles. The van der Waals surface area contributed by atoms with Gasteiger partial charge in [-0.2, -0.15) is 11.8 Å². The average Bonchev–Trinajstić information content (AvgIpc) is 1.95. The predicted octanol–water partition coefficient (Wildman–Crippen LogP) is 1.44. The third kappa shape index (κ3) is 2.23. The zero-order chi connectivity index (χ0) is 9.19. The number of nitrogens with two attached hydrogens (primary N) is 1. The second kappa shape index (κ2) is 3.79. The van der Waals surface area contributed by atoms with E-state index in [4.69, 9.17) is 5.73 Å². The lowest BCUT2D eigenvalue weighted by atomic mass is 9.83. The molecule has 0 aromatic carbocycles. The minimum Gasteiger partial charge on any atom is -0.329 e. The van der Waals surface area contributed by atoms with Crippen molar-refractivity contribution in [3.05, 3.63) is 0 Å². The molecule has 0 spiro atoms. The van der Waals surface area contributed by atoms with E-state index in [0.29, 0.717) is 31.1 Å². The van der Waals surface area contributed by atoms with Crippen molar-refractivity contribution in [3.63, 3.8) is 0 Å². The highest BCUT2D eigenvalue weighted by molar-refractivity contribution is 8.00. The summed E-state index contributed by atoms with van der Waals surface area (Å²) >= 11 is 1.88. The van der Waals surface area contributed by atoms with E-state index in [0.717, 1.165) is 5.75 Å². The van der Waals surface area contributed by atoms with E-state index in [1.165, 1.54) is 0 Å². The van der Waals surface area contributed by atoms with Crippen LogP contribution in [0.15, 0.2) is 0 Å². The van der Waals surface area contributed by atoms with Gasteiger partial charge in [0.05, 0.1) is 0 Å². The van der Waals surface area contributed by atoms with Crippen LogP contribution in [0.1, 0.15) is 26.7 Å². The van der Waals surface area contributed by atoms with Gasteiger partial charge in [-0.05, 0) is 11.7 Å². The molecule has 2 N–H and O–H groups in total. The van der Waals surface area contributed by atoms with Crippen molar-refractivity contribution in [2.24, 2.45) is 11.7 Å². The Hall–Kier alpha value is -0.0200. The number of ketones is 1. The third-order valence-corrected chi connectivity index (χ3v) is 4.03. The lowest BCUT2D eigenvalue weighted by molar-refractivity contribution is -0.125. The summed E-state index contributed by atoms with van der Waals surface area (Å²) < 4.78 is 0.112. The number of hydrogen-bond donors (Lipinski definition) is 1. The molecule has 1 fully saturated rings. The summed E-state index contributed by atoms with van der Waals surface area (Å²) in [7, 11) is 0. The Kier molecular flexibility index (Phi) is 3.18. The Labute approximate surface area is 78.3 Å². The molecule has 0 aliphatic heterocycles. The van der Waals surface area contributed by atoms with Crippen LogP contribution in [0.4, 0.5) is 0 Å². The van der Waals surface area contributed by atoms with Crippen molar-refractivity contribution in [2.75, 3.05) is 12.3 Å². The second-order valence-electron chi connectivity index (χ2n) is 3.98. The Morgan fingerprint density at radius 2 is 2.17 bits per heavy atom. The van der Waals surface area contributed by atoms with Gasteiger partial charge in [-0.15, -0.1) is 0 Å². The van der Waals surface area contributed by atoms with Crippen LogP contribution in [0.3, 0.4) is 0 Å². The first-order chi connectivity index (χ1) is 5.58. The van der Waals surface area contributed by atoms with Crippen molar-refractivity contribution in [2.45, 2.75) is 31.4 Å². The summed E-state index contributed by atoms with van der Waals surface area (Å²) in [5, 5.41) is 0. The van der Waals surface area contributed by atoms with Crippen LogP contribution >= 0.6 is 11.8 Å². The third-order valence-electron chi connectivity index (χ3n) is 2.13. The number of carbonyl (C=O) groups is 1. The fraction of sp³-hybridized carbons (Fsp3) is 0.889. The molecule has 0 amide bonds. The fourth-order valence-corrected chi connectivity index (χ4v) is 2.65. The molecule has 3 heteroatoms. The summed E-state index contributed by atoms with van der Waals surface area (Å²) in [4.78, 5) is 10.8. The monoisotopic (exact) mass is 187 g/mol. The lowest BCUT2D eigenvalue weighted by Crippen LogP contribution is -2.47. The number of hydrogen-bond acceptors (Lipinski definition) is 3. The maximum atomic E-state index is 10.8. The molecule has 0 bridgehead atoms. The van der Waals surface area contributed by atoms with E-state index < -0.39 is 0 Å². The van der Waals surface area contributed by atoms with Crippen LogP contribution in [0.2, 0.25) is 0 Å². The Bertz CT molecular complexity index is 171. The normalized spacial score (nSPS) is 21.2. The predicted molar refractivity (Wildman–Crippen MR) is 53.3 cm³/mol. The van der Waals surface area contributed by atoms with Crippen molar-refractivity contribution in [1.29, 1.82) is 0 Å². The maximum absolute atomic E-state index is 10.8. The van der Waals surface area contributed by atoms with E-state index >= 15 is 0 Å². The van der Waals surface area contributed by atoms with Crippen LogP contribution < -0.4 is 5.73 Å². The highest BCUT2D eigenvalue weighted by Gasteiger charge is 2.42. The molecule has 0 radical (unpaired) electrons. The van der Waals surface area contributed by atoms with Crippen LogP contribution in [0.5, 0.6) is 0 Å². The van der Waals surface area contributed by atoms with E-state index in [1.54, 1.807) is 0 Å². The molecule has 1 rings (SSSR count). The van der Waals surface area contributed by atoms with Crippen LogP contribution in [0, 0.1) is 5.92 Å². The lowest BCUT2D eigenvalue weighted by Gasteiger charge is -2.39. The molecular weight excluding hydrogens is 170 g/mol. The molecule has 2 nitrogen and oxygen atoms in total. The zero-order valence-electron chi connectivity index (χ0n) is 7.80. The first-order valence-electron chi connectivity index (χ1n) is 4.44. The minimum absolute atomic E-state index is 0.112. The molecule has 0 aromatic rings. The summed E-state index contributed by atoms with van der Waals surface area (Å²) in [6.45, 7) is 5.03. The summed E-state index contributed by atoms with van der Waals surface area (Å²) in [6.07, 6.45) is 1.39. The summed E-state index contributed by atoms with van der Waals surface area (Å²) in [5.74, 6) is 2.18. The molecule has 0 saturated heterocycles. The van der Waals surface area contributed by atoms with Crippen LogP contribution in [-0.2, 0) is 4.79 Å². The van der Waals surface area contributed by atoms with E-state index in [-0.39, 0.29) is 4.75 Å². The zero-order valence-corrected chi connectivity index (χ0v) is 8.62. The van der Waals surface area contributed by atoms with Crippen LogP contribution in [-0.4, -0.2) is 22.8 Å². The molecule has 1 saturated carbocycles. The Balaban J connectivity index is 2.32. The van der Waals surface area contributed by atoms with E-state index in [9.17, 15) is 4.79 Å². The smallest absolute Gasteiger partial charge is 0.135 e. The molecular formula is C9H17NOS. The summed E-state index contributed by atoms with van der Waals surface area (Å²) in [6, 6.07) is 0. The average molecular weight is 187 g/mol. The van der Waals surface area contributed by atoms with Crippen molar-refractivity contribution < 1.29 is 4.79 Å². The van der Waals surface area contributed by atoms with Gasteiger partial charge in [0.1, 0.15) is 5.78 Å². The van der Waals surface area contributed by atoms with Crippen molar-refractivity contribution in [3.8, 4) is 0 Å². The van der Waals surface area contributed by atoms with Gasteiger partial charge in [-0.1, -0.05) is 13.8 Å². The maximum Gasteiger partial charge on any atom is 0.135 e. The van der Waals surface area contributed by atoms with Crippen molar-refractivity contribution in [1.82, 2.24) is 0 Å². The largest absolute Gasteiger partial charge is 0.329 e. The molecule has 1 aliphatic carbocycles. The van der Waals surface area contributed by atoms with Gasteiger partial charge in [0, 0.05) is 24.1 Å². The van der Waals surface area contributed by atoms with Gasteiger partial charge < -0.3 is 5.73 Å². The molecule has 0 heterocycles. The SMILES string of the molecule is CC(C)CSC1(CN)CC(=O)C1. The standard InChI is InChI=1S/C9H17NOS/c1-7(2)5-12-9(6-10)3-8(11)4-9/h7H,3-6,10H2,1-2H3. The van der Waals surface area contributed by atoms with Gasteiger partial charge in [-0.25, -0.2) is 0 Å². The number of rotatable bonds is 4. The quantitative estimate of drug-likeness (QED) is 0.724. The topological polar surface area (TPSA) is 43.1 Å². The molecule has 70 valence electrons. The first-order valence-corrected chi connectivity index (χ1v) is 5.42. The Morgan fingerprint density at radius 3 is 2.50 bits per heavy atom. The van der Waals surface area contributed by atoms with Gasteiger partial charge in [-0.3, -0.25) is 4.79 Å².